The van der Waals surface area contributed by atoms with Crippen molar-refractivity contribution in [1.29, 1.82) is 0 Å². The van der Waals surface area contributed by atoms with Crippen LogP contribution in [0.2, 0.25) is 0 Å². The van der Waals surface area contributed by atoms with E-state index in [0.29, 0.717) is 0 Å². The summed E-state index contributed by atoms with van der Waals surface area (Å²) in [4.78, 5) is 11.9. The highest BCUT2D eigenvalue weighted by Gasteiger charge is 2.05. The minimum Gasteiger partial charge on any atom is -0.375 e. The van der Waals surface area contributed by atoms with Gasteiger partial charge in [-0.3, -0.25) is 4.79 Å². The summed E-state index contributed by atoms with van der Waals surface area (Å²) in [5.74, 6) is -0.0827. The van der Waals surface area contributed by atoms with Crippen molar-refractivity contribution in [3.63, 3.8) is 0 Å². The molecule has 0 fully saturated rings. The predicted octanol–water partition coefficient (Wildman–Crippen LogP) is 4.57. The summed E-state index contributed by atoms with van der Waals surface area (Å²) in [5.41, 5.74) is 2.82. The predicted molar refractivity (Wildman–Crippen MR) is 90.1 cm³/mol. The van der Waals surface area contributed by atoms with Crippen LogP contribution in [0.1, 0.15) is 5.56 Å². The van der Waals surface area contributed by atoms with Gasteiger partial charge >= 0.3 is 0 Å². The van der Waals surface area contributed by atoms with Gasteiger partial charge in [0, 0.05) is 20.3 Å². The van der Waals surface area contributed by atoms with Crippen molar-refractivity contribution in [2.45, 2.75) is 6.92 Å². The first-order valence-corrected chi connectivity index (χ1v) is 7.69. The lowest BCUT2D eigenvalue weighted by molar-refractivity contribution is -0.114. The molecule has 5 heteroatoms. The van der Waals surface area contributed by atoms with Gasteiger partial charge in [0.25, 0.3) is 0 Å². The summed E-state index contributed by atoms with van der Waals surface area (Å²) in [6.07, 6.45) is 0. The number of carbonyl (C=O) groups is 1. The molecule has 0 atom stereocenters. The van der Waals surface area contributed by atoms with E-state index in [0.717, 1.165) is 25.9 Å². The van der Waals surface area contributed by atoms with E-state index in [1.54, 1.807) is 0 Å². The molecular formula is C15H14Br2N2O. The van der Waals surface area contributed by atoms with Crippen LogP contribution in [-0.4, -0.2) is 12.5 Å². The van der Waals surface area contributed by atoms with Gasteiger partial charge in [-0.25, -0.2) is 0 Å². The maximum absolute atomic E-state index is 11.9. The quantitative estimate of drug-likeness (QED) is 0.793. The first kappa shape index (κ1) is 15.1. The zero-order chi connectivity index (χ0) is 14.5. The highest BCUT2D eigenvalue weighted by Crippen LogP contribution is 2.25. The van der Waals surface area contributed by atoms with Crippen LogP contribution in [0.4, 0.5) is 11.4 Å². The standard InChI is InChI=1S/C15H14Br2N2O/c1-10-3-2-4-13(15(10)17)18-9-14(20)19-12-7-5-11(16)6-8-12/h2-8,18H,9H2,1H3,(H,19,20). The van der Waals surface area contributed by atoms with Crippen LogP contribution < -0.4 is 10.6 Å². The molecule has 1 amide bonds. The molecule has 0 aliphatic rings. The Labute approximate surface area is 135 Å². The number of amides is 1. The summed E-state index contributed by atoms with van der Waals surface area (Å²) in [7, 11) is 0. The molecule has 0 spiro atoms. The fourth-order valence-corrected chi connectivity index (χ4v) is 2.37. The number of halogens is 2. The fraction of sp³-hybridized carbons (Fsp3) is 0.133. The fourth-order valence-electron chi connectivity index (χ4n) is 1.70. The smallest absolute Gasteiger partial charge is 0.243 e. The van der Waals surface area contributed by atoms with E-state index < -0.39 is 0 Å². The van der Waals surface area contributed by atoms with Crippen molar-refractivity contribution >= 4 is 49.1 Å². The average molecular weight is 398 g/mol. The van der Waals surface area contributed by atoms with Crippen molar-refractivity contribution in [3.05, 3.63) is 57.0 Å². The highest BCUT2D eigenvalue weighted by molar-refractivity contribution is 9.11. The lowest BCUT2D eigenvalue weighted by atomic mass is 10.2. The van der Waals surface area contributed by atoms with Crippen molar-refractivity contribution in [1.82, 2.24) is 0 Å². The topological polar surface area (TPSA) is 41.1 Å². The minimum atomic E-state index is -0.0827. The molecule has 0 bridgehead atoms. The van der Waals surface area contributed by atoms with Gasteiger partial charge in [0.2, 0.25) is 5.91 Å². The van der Waals surface area contributed by atoms with Crippen LogP contribution in [0.3, 0.4) is 0 Å². The molecule has 104 valence electrons. The Kier molecular flexibility index (Phi) is 5.20. The molecule has 2 rings (SSSR count). The van der Waals surface area contributed by atoms with E-state index in [1.165, 1.54) is 0 Å². The van der Waals surface area contributed by atoms with Crippen LogP contribution in [0, 0.1) is 6.92 Å². The van der Waals surface area contributed by atoms with Crippen molar-refractivity contribution < 1.29 is 4.79 Å². The van der Waals surface area contributed by atoms with E-state index in [1.807, 2.05) is 49.4 Å². The van der Waals surface area contributed by atoms with E-state index in [2.05, 4.69) is 42.5 Å². The molecule has 0 saturated carbocycles. The molecule has 0 heterocycles. The lowest BCUT2D eigenvalue weighted by Gasteiger charge is -2.10. The first-order chi connectivity index (χ1) is 9.56. The van der Waals surface area contributed by atoms with Gasteiger partial charge < -0.3 is 10.6 Å². The Morgan fingerprint density at radius 3 is 2.50 bits per heavy atom. The van der Waals surface area contributed by atoms with Gasteiger partial charge in [-0.1, -0.05) is 28.1 Å². The zero-order valence-corrected chi connectivity index (χ0v) is 14.1. The number of hydrogen-bond acceptors (Lipinski definition) is 2. The number of rotatable bonds is 4. The van der Waals surface area contributed by atoms with E-state index in [9.17, 15) is 4.79 Å². The largest absolute Gasteiger partial charge is 0.375 e. The van der Waals surface area contributed by atoms with Crippen LogP contribution in [0.15, 0.2) is 51.4 Å². The molecule has 0 radical (unpaired) electrons. The Hall–Kier alpha value is -1.33. The minimum absolute atomic E-state index is 0.0827. The van der Waals surface area contributed by atoms with Crippen LogP contribution in [-0.2, 0) is 4.79 Å². The maximum atomic E-state index is 11.9. The Morgan fingerprint density at radius 2 is 1.80 bits per heavy atom. The third kappa shape index (κ3) is 4.08. The van der Waals surface area contributed by atoms with E-state index in [-0.39, 0.29) is 12.5 Å². The molecule has 2 aromatic rings. The third-order valence-corrected chi connectivity index (χ3v) is 4.34. The van der Waals surface area contributed by atoms with Gasteiger partial charge in [0.15, 0.2) is 0 Å². The van der Waals surface area contributed by atoms with Gasteiger partial charge in [-0.2, -0.15) is 0 Å². The second-order valence-electron chi connectivity index (χ2n) is 4.35. The molecule has 3 nitrogen and oxygen atoms in total. The van der Waals surface area contributed by atoms with Crippen LogP contribution in [0.25, 0.3) is 0 Å². The van der Waals surface area contributed by atoms with Crippen molar-refractivity contribution in [2.75, 3.05) is 17.2 Å². The molecule has 0 aliphatic heterocycles. The van der Waals surface area contributed by atoms with E-state index >= 15 is 0 Å². The summed E-state index contributed by atoms with van der Waals surface area (Å²) < 4.78 is 1.97. The van der Waals surface area contributed by atoms with Crippen LogP contribution in [0.5, 0.6) is 0 Å². The molecule has 0 aromatic heterocycles. The van der Waals surface area contributed by atoms with Crippen LogP contribution >= 0.6 is 31.9 Å². The second-order valence-corrected chi connectivity index (χ2v) is 6.05. The summed E-state index contributed by atoms with van der Waals surface area (Å²) in [5, 5.41) is 5.95. The summed E-state index contributed by atoms with van der Waals surface area (Å²) in [6.45, 7) is 2.23. The van der Waals surface area contributed by atoms with Gasteiger partial charge in [-0.15, -0.1) is 0 Å². The SMILES string of the molecule is Cc1cccc(NCC(=O)Nc2ccc(Br)cc2)c1Br. The highest BCUT2D eigenvalue weighted by atomic mass is 79.9. The number of anilines is 2. The summed E-state index contributed by atoms with van der Waals surface area (Å²) in [6, 6.07) is 13.4. The van der Waals surface area contributed by atoms with E-state index in [4.69, 9.17) is 0 Å². The molecule has 0 aliphatic carbocycles. The molecule has 0 saturated heterocycles. The molecule has 2 aromatic carbocycles. The normalized spacial score (nSPS) is 10.2. The molecule has 20 heavy (non-hydrogen) atoms. The van der Waals surface area contributed by atoms with Gasteiger partial charge in [0.1, 0.15) is 0 Å². The second kappa shape index (κ2) is 6.90. The maximum Gasteiger partial charge on any atom is 0.243 e. The average Bonchev–Trinajstić information content (AvgIpc) is 2.43. The lowest BCUT2D eigenvalue weighted by Crippen LogP contribution is -2.21. The Bertz CT molecular complexity index is 612. The Balaban J connectivity index is 1.92. The van der Waals surface area contributed by atoms with Gasteiger partial charge in [0.05, 0.1) is 6.54 Å². The number of aryl methyl sites for hydroxylation is 1. The zero-order valence-electron chi connectivity index (χ0n) is 10.9. The van der Waals surface area contributed by atoms with Gasteiger partial charge in [-0.05, 0) is 58.7 Å². The molecule has 2 N–H and O–H groups in total. The number of hydrogen-bond donors (Lipinski definition) is 2. The van der Waals surface area contributed by atoms with Crippen molar-refractivity contribution in [3.8, 4) is 0 Å². The number of nitrogens with one attached hydrogen (secondary N) is 2. The van der Waals surface area contributed by atoms with Crippen molar-refractivity contribution in [2.24, 2.45) is 0 Å². The molecule has 0 unspecified atom stereocenters. The summed E-state index contributed by atoms with van der Waals surface area (Å²) >= 11 is 6.86. The Morgan fingerprint density at radius 1 is 1.10 bits per heavy atom. The molecular weight excluding hydrogens is 384 g/mol. The third-order valence-electron chi connectivity index (χ3n) is 2.76. The number of benzene rings is 2. The monoisotopic (exact) mass is 396 g/mol. The first-order valence-electron chi connectivity index (χ1n) is 6.10. The number of carbonyl (C=O) groups excluding carboxylic acids is 1.